The van der Waals surface area contributed by atoms with Crippen molar-refractivity contribution >= 4 is 97.6 Å². The van der Waals surface area contributed by atoms with Gasteiger partial charge in [0.1, 0.15) is 0 Å². The molecule has 0 nitrogen and oxygen atoms in total. The lowest BCUT2D eigenvalue weighted by Gasteiger charge is -2.39. The molecule has 0 rings (SSSR count). The number of hydrogen-bond acceptors (Lipinski definition) is 8. The second-order valence-corrected chi connectivity index (χ2v) is 11.6. The summed E-state index contributed by atoms with van der Waals surface area (Å²) in [4.78, 5) is 0. The molecule has 1 unspecified atom stereocenters. The summed E-state index contributed by atoms with van der Waals surface area (Å²) >= 11 is 25.8. The predicted molar refractivity (Wildman–Crippen MR) is 136 cm³/mol. The molecule has 0 saturated heterocycles. The summed E-state index contributed by atoms with van der Waals surface area (Å²) in [6, 6.07) is 0. The molecule has 0 radical (unpaired) electrons. The van der Waals surface area contributed by atoms with Crippen LogP contribution in [0.5, 0.6) is 0 Å². The second kappa shape index (κ2) is 18.2. The quantitative estimate of drug-likeness (QED) is 0.170. The monoisotopic (exact) mass is 468 g/mol. The van der Waals surface area contributed by atoms with Gasteiger partial charge in [-0.2, -0.15) is 97.6 Å². The van der Waals surface area contributed by atoms with Gasteiger partial charge in [0.05, 0.1) is 0 Å². The van der Waals surface area contributed by atoms with Gasteiger partial charge in [0.2, 0.25) is 0 Å². The fraction of sp³-hybridized carbons (Fsp3) is 1.00. The molecule has 140 valence electrons. The lowest BCUT2D eigenvalue weighted by molar-refractivity contribution is 0.313. The van der Waals surface area contributed by atoms with Crippen molar-refractivity contribution in [2.45, 2.75) is 6.92 Å². The highest BCUT2D eigenvalue weighted by Crippen LogP contribution is 2.40. The van der Waals surface area contributed by atoms with Gasteiger partial charge in [-0.3, -0.25) is 0 Å². The summed E-state index contributed by atoms with van der Waals surface area (Å²) in [5.41, 5.74) is 0.401. The summed E-state index contributed by atoms with van der Waals surface area (Å²) in [6.45, 7) is 2.45. The van der Waals surface area contributed by atoms with Crippen molar-refractivity contribution < 1.29 is 0 Å². The van der Waals surface area contributed by atoms with E-state index in [2.05, 4.69) is 104 Å². The van der Waals surface area contributed by atoms with E-state index in [1.54, 1.807) is 0 Å². The Morgan fingerprint density at radius 1 is 0.652 bits per heavy atom. The SMILES string of the molecule is CC(CSCCS)C(CSCCS)(CSCCS)CSCCS. The molecular weight excluding hydrogens is 437 g/mol. The average molecular weight is 469 g/mol. The first-order valence-corrected chi connectivity index (χ1v) is 15.1. The van der Waals surface area contributed by atoms with Crippen LogP contribution in [0.4, 0.5) is 0 Å². The van der Waals surface area contributed by atoms with Crippen LogP contribution in [0.3, 0.4) is 0 Å². The number of rotatable bonds is 17. The summed E-state index contributed by atoms with van der Waals surface area (Å²) < 4.78 is 0. The maximum Gasteiger partial charge on any atom is 0.00213 e. The molecule has 0 saturated carbocycles. The fourth-order valence-electron chi connectivity index (χ4n) is 2.07. The third kappa shape index (κ3) is 12.7. The average Bonchev–Trinajstić information content (AvgIpc) is 2.55. The Balaban J connectivity index is 4.83. The van der Waals surface area contributed by atoms with E-state index >= 15 is 0 Å². The van der Waals surface area contributed by atoms with Crippen LogP contribution in [0.2, 0.25) is 0 Å². The highest BCUT2D eigenvalue weighted by atomic mass is 32.2. The van der Waals surface area contributed by atoms with Crippen molar-refractivity contribution in [3.63, 3.8) is 0 Å². The molecular formula is C15H32S8. The molecule has 1 atom stereocenters. The standard InChI is InChI=1S/C15H32S8/c1-14(10-20-6-2-16)15(11-21-7-3-17,12-22-8-4-18)13-23-9-5-19/h14,16-19H,2-13H2,1H3. The van der Waals surface area contributed by atoms with E-state index in [0.29, 0.717) is 5.41 Å². The first-order chi connectivity index (χ1) is 11.2. The zero-order valence-corrected chi connectivity index (χ0v) is 20.8. The number of hydrogen-bond donors (Lipinski definition) is 4. The van der Waals surface area contributed by atoms with Crippen molar-refractivity contribution in [3.05, 3.63) is 0 Å². The fourth-order valence-corrected chi connectivity index (χ4v) is 8.52. The van der Waals surface area contributed by atoms with Crippen LogP contribution >= 0.6 is 97.6 Å². The van der Waals surface area contributed by atoms with E-state index in [4.69, 9.17) is 0 Å². The van der Waals surface area contributed by atoms with E-state index in [1.807, 2.05) is 0 Å². The van der Waals surface area contributed by atoms with Gasteiger partial charge < -0.3 is 0 Å². The Labute approximate surface area is 183 Å². The number of thioether (sulfide) groups is 4. The molecule has 0 aromatic rings. The minimum atomic E-state index is 0.401. The van der Waals surface area contributed by atoms with Crippen molar-refractivity contribution in [1.82, 2.24) is 0 Å². The lowest BCUT2D eigenvalue weighted by Crippen LogP contribution is -2.39. The van der Waals surface area contributed by atoms with Gasteiger partial charge in [0.15, 0.2) is 0 Å². The molecule has 0 aliphatic carbocycles. The highest BCUT2D eigenvalue weighted by molar-refractivity contribution is 8.02. The Kier molecular flexibility index (Phi) is 20.4. The van der Waals surface area contributed by atoms with Crippen molar-refractivity contribution in [1.29, 1.82) is 0 Å². The molecule has 23 heavy (non-hydrogen) atoms. The molecule has 0 spiro atoms. The molecule has 0 heterocycles. The Hall–Kier alpha value is 2.80. The van der Waals surface area contributed by atoms with Crippen LogP contribution < -0.4 is 0 Å². The van der Waals surface area contributed by atoms with Gasteiger partial charge in [0, 0.05) is 45.7 Å². The second-order valence-electron chi connectivity index (χ2n) is 5.39. The Morgan fingerprint density at radius 3 is 1.35 bits per heavy atom. The zero-order chi connectivity index (χ0) is 17.4. The molecule has 0 bridgehead atoms. The Morgan fingerprint density at radius 2 is 1.00 bits per heavy atom. The zero-order valence-electron chi connectivity index (χ0n) is 14.0. The van der Waals surface area contributed by atoms with Crippen molar-refractivity contribution in [2.24, 2.45) is 11.3 Å². The Bertz CT molecular complexity index is 225. The van der Waals surface area contributed by atoms with Gasteiger partial charge >= 0.3 is 0 Å². The number of thiol groups is 4. The smallest absolute Gasteiger partial charge is 0.00213 e. The van der Waals surface area contributed by atoms with Crippen molar-refractivity contribution in [3.8, 4) is 0 Å². The van der Waals surface area contributed by atoms with Crippen LogP contribution in [0.15, 0.2) is 0 Å². The maximum absolute atomic E-state index is 4.38. The highest BCUT2D eigenvalue weighted by Gasteiger charge is 2.35. The van der Waals surface area contributed by atoms with Gasteiger partial charge in [-0.15, -0.1) is 0 Å². The van der Waals surface area contributed by atoms with Gasteiger partial charge in [-0.05, 0) is 34.7 Å². The first-order valence-electron chi connectivity index (χ1n) is 7.91. The molecule has 8 heteroatoms. The normalized spacial score (nSPS) is 13.4. The van der Waals surface area contributed by atoms with Gasteiger partial charge in [-0.25, -0.2) is 0 Å². The molecule has 0 aromatic heterocycles. The van der Waals surface area contributed by atoms with E-state index in [9.17, 15) is 0 Å². The predicted octanol–water partition coefficient (Wildman–Crippen LogP) is 5.26. The van der Waals surface area contributed by atoms with Gasteiger partial charge in [-0.1, -0.05) is 6.92 Å². The van der Waals surface area contributed by atoms with Crippen molar-refractivity contribution in [2.75, 3.05) is 69.0 Å². The van der Waals surface area contributed by atoms with Crippen LogP contribution in [0, 0.1) is 11.3 Å². The summed E-state index contributed by atoms with van der Waals surface area (Å²) in [5, 5.41) is 0. The van der Waals surface area contributed by atoms with Crippen LogP contribution in [0.25, 0.3) is 0 Å². The molecule has 0 amide bonds. The largest absolute Gasteiger partial charge is 0.179 e. The summed E-state index contributed by atoms with van der Waals surface area (Å²) in [7, 11) is 0. The molecule has 0 aliphatic rings. The van der Waals surface area contributed by atoms with Crippen LogP contribution in [0.1, 0.15) is 6.92 Å². The summed E-state index contributed by atoms with van der Waals surface area (Å²) in [5.74, 6) is 14.2. The minimum Gasteiger partial charge on any atom is -0.179 e. The third-order valence-electron chi connectivity index (χ3n) is 3.52. The topological polar surface area (TPSA) is 0 Å². The molecule has 0 N–H and O–H groups in total. The van der Waals surface area contributed by atoms with E-state index < -0.39 is 0 Å². The maximum atomic E-state index is 4.38. The lowest BCUT2D eigenvalue weighted by atomic mass is 9.82. The first kappa shape index (κ1) is 25.8. The van der Waals surface area contributed by atoms with E-state index in [0.717, 1.165) is 51.9 Å². The van der Waals surface area contributed by atoms with Gasteiger partial charge in [0.25, 0.3) is 0 Å². The minimum absolute atomic E-state index is 0.401. The van der Waals surface area contributed by atoms with E-state index in [-0.39, 0.29) is 0 Å². The molecule has 0 aliphatic heterocycles. The van der Waals surface area contributed by atoms with Crippen LogP contribution in [-0.4, -0.2) is 69.0 Å². The third-order valence-corrected chi connectivity index (χ3v) is 10.7. The van der Waals surface area contributed by atoms with Crippen LogP contribution in [-0.2, 0) is 0 Å². The molecule has 0 aromatic carbocycles. The molecule has 0 fully saturated rings. The summed E-state index contributed by atoms with van der Waals surface area (Å²) in [6.07, 6.45) is 0. The van der Waals surface area contributed by atoms with E-state index in [1.165, 1.54) is 23.0 Å².